The molecule has 2 aromatic heterocycles. The molecule has 0 fully saturated rings. The van der Waals surface area contributed by atoms with Gasteiger partial charge in [-0.2, -0.15) is 0 Å². The smallest absolute Gasteiger partial charge is 0.329 e. The van der Waals surface area contributed by atoms with Crippen molar-refractivity contribution in [2.75, 3.05) is 7.05 Å². The molecule has 0 unspecified atom stereocenters. The Labute approximate surface area is 178 Å². The van der Waals surface area contributed by atoms with Gasteiger partial charge in [0.1, 0.15) is 4.90 Å². The minimum atomic E-state index is -3.96. The Hall–Kier alpha value is -3.76. The van der Waals surface area contributed by atoms with E-state index >= 15 is 0 Å². The number of hydrogen-bond donors (Lipinski definition) is 0. The number of pyridine rings is 1. The number of nitrogens with zero attached hydrogens (tertiary/aromatic N) is 3. The van der Waals surface area contributed by atoms with Crippen LogP contribution in [0.3, 0.4) is 0 Å². The van der Waals surface area contributed by atoms with Crippen molar-refractivity contribution in [2.45, 2.75) is 11.3 Å². The lowest BCUT2D eigenvalue weighted by Crippen LogP contribution is -2.23. The number of carbonyl (C=O) groups is 2. The molecule has 31 heavy (non-hydrogen) atoms. The number of aromatic nitrogens is 2. The zero-order valence-corrected chi connectivity index (χ0v) is 17.2. The van der Waals surface area contributed by atoms with Crippen molar-refractivity contribution in [1.29, 1.82) is 0 Å². The van der Waals surface area contributed by atoms with E-state index in [0.29, 0.717) is 22.0 Å². The van der Waals surface area contributed by atoms with Crippen LogP contribution >= 0.6 is 0 Å². The highest BCUT2D eigenvalue weighted by Crippen LogP contribution is 2.28. The first-order valence-electron chi connectivity index (χ1n) is 9.15. The van der Waals surface area contributed by atoms with Crippen molar-refractivity contribution in [3.05, 3.63) is 84.3 Å². The van der Waals surface area contributed by atoms with Crippen LogP contribution < -0.4 is 0 Å². The first-order valence-corrected chi connectivity index (χ1v) is 10.6. The van der Waals surface area contributed by atoms with Gasteiger partial charge in [-0.15, -0.1) is 0 Å². The van der Waals surface area contributed by atoms with E-state index < -0.39 is 22.0 Å². The van der Waals surface area contributed by atoms with Gasteiger partial charge < -0.3 is 9.68 Å². The number of rotatable bonds is 5. The van der Waals surface area contributed by atoms with Crippen molar-refractivity contribution < 1.29 is 27.7 Å². The summed E-state index contributed by atoms with van der Waals surface area (Å²) in [6.45, 7) is 0. The van der Waals surface area contributed by atoms with Crippen LogP contribution in [0.25, 0.3) is 11.3 Å². The van der Waals surface area contributed by atoms with Crippen LogP contribution in [0.15, 0.2) is 83.7 Å². The minimum Gasteiger partial charge on any atom is -0.329 e. The number of carbonyl (C=O) groups excluding carboxylic acids is 2. The maximum atomic E-state index is 13.3. The molecule has 0 bridgehead atoms. The fourth-order valence-corrected chi connectivity index (χ4v) is 4.48. The van der Waals surface area contributed by atoms with Gasteiger partial charge in [-0.25, -0.2) is 22.0 Å². The molecule has 0 radical (unpaired) electrons. The van der Waals surface area contributed by atoms with Gasteiger partial charge in [-0.05, 0) is 29.3 Å². The molecule has 1 aliphatic rings. The van der Waals surface area contributed by atoms with Crippen LogP contribution in [0.5, 0.6) is 0 Å². The molecule has 0 saturated carbocycles. The number of benzene rings is 1. The fraction of sp³-hybridized carbons (Fsp3) is 0.0952. The van der Waals surface area contributed by atoms with E-state index in [9.17, 15) is 18.0 Å². The van der Waals surface area contributed by atoms with E-state index in [2.05, 4.69) is 4.98 Å². The molecule has 0 N–H and O–H groups in total. The summed E-state index contributed by atoms with van der Waals surface area (Å²) in [5.41, 5.74) is 1.59. The van der Waals surface area contributed by atoms with Crippen molar-refractivity contribution in [3.8, 4) is 11.3 Å². The normalized spacial score (nSPS) is 15.1. The van der Waals surface area contributed by atoms with Crippen LogP contribution in [-0.4, -0.2) is 41.6 Å². The highest BCUT2D eigenvalue weighted by Gasteiger charge is 2.26. The van der Waals surface area contributed by atoms with Crippen LogP contribution in [-0.2, 0) is 35.7 Å². The highest BCUT2D eigenvalue weighted by molar-refractivity contribution is 7.90. The highest BCUT2D eigenvalue weighted by atomic mass is 32.2. The topological polar surface area (TPSA) is 108 Å². The first-order chi connectivity index (χ1) is 14.8. The van der Waals surface area contributed by atoms with Crippen LogP contribution in [0, 0.1) is 0 Å². The van der Waals surface area contributed by atoms with E-state index in [0.717, 1.165) is 10.0 Å². The van der Waals surface area contributed by atoms with Crippen molar-refractivity contribution in [3.63, 3.8) is 0 Å². The third-order valence-electron chi connectivity index (χ3n) is 4.48. The van der Waals surface area contributed by atoms with Gasteiger partial charge in [0.05, 0.1) is 18.3 Å². The molecule has 9 nitrogen and oxygen atoms in total. The molecule has 1 aliphatic heterocycles. The predicted octanol–water partition coefficient (Wildman–Crippen LogP) is 2.12. The lowest BCUT2D eigenvalue weighted by molar-refractivity contribution is -0.304. The summed E-state index contributed by atoms with van der Waals surface area (Å²) < 4.78 is 27.7. The zero-order chi connectivity index (χ0) is 22.0. The van der Waals surface area contributed by atoms with E-state index in [1.165, 1.54) is 37.8 Å². The maximum absolute atomic E-state index is 13.3. The van der Waals surface area contributed by atoms with Gasteiger partial charge in [-0.3, -0.25) is 4.98 Å². The van der Waals surface area contributed by atoms with Crippen LogP contribution in [0.4, 0.5) is 0 Å². The molecule has 1 aromatic carbocycles. The van der Waals surface area contributed by atoms with E-state index in [1.807, 2.05) is 6.07 Å². The van der Waals surface area contributed by atoms with Gasteiger partial charge in [0.2, 0.25) is 0 Å². The van der Waals surface area contributed by atoms with Crippen molar-refractivity contribution >= 4 is 22.0 Å². The predicted molar refractivity (Wildman–Crippen MR) is 108 cm³/mol. The van der Waals surface area contributed by atoms with Crippen LogP contribution in [0.2, 0.25) is 0 Å². The van der Waals surface area contributed by atoms with E-state index in [1.54, 1.807) is 30.3 Å². The molecule has 3 heterocycles. The lowest BCUT2D eigenvalue weighted by atomic mass is 10.1. The SMILES string of the molecule is CN1OC(=O)C=C(Cc2cc(-c3ccccc3)n(S(=O)(=O)c3cccnc3)c2)C(=O)O1. The van der Waals surface area contributed by atoms with E-state index in [-0.39, 0.29) is 16.9 Å². The molecule has 0 saturated heterocycles. The van der Waals surface area contributed by atoms with Crippen LogP contribution in [0.1, 0.15) is 5.56 Å². The third-order valence-corrected chi connectivity index (χ3v) is 6.14. The minimum absolute atomic E-state index is 0.0209. The Morgan fingerprint density at radius 1 is 1.03 bits per heavy atom. The summed E-state index contributed by atoms with van der Waals surface area (Å²) >= 11 is 0. The average molecular weight is 439 g/mol. The van der Waals surface area contributed by atoms with Gasteiger partial charge in [-0.1, -0.05) is 30.3 Å². The summed E-state index contributed by atoms with van der Waals surface area (Å²) in [4.78, 5) is 37.6. The fourth-order valence-electron chi connectivity index (χ4n) is 3.12. The molecule has 0 amide bonds. The van der Waals surface area contributed by atoms with Crippen molar-refractivity contribution in [2.24, 2.45) is 0 Å². The third kappa shape index (κ3) is 4.25. The Kier molecular flexibility index (Phi) is 5.40. The standard InChI is InChI=1S/C21H17N3O6S/c1-23-29-20(25)12-17(21(26)30-23)10-15-11-19(16-6-3-2-4-7-16)24(14-15)31(27,28)18-8-5-9-22-13-18/h2-9,11-14H,10H2,1H3. The maximum Gasteiger partial charge on any atom is 0.357 e. The summed E-state index contributed by atoms with van der Waals surface area (Å²) in [7, 11) is -2.68. The molecule has 0 atom stereocenters. The van der Waals surface area contributed by atoms with Gasteiger partial charge in [0.15, 0.2) is 0 Å². The zero-order valence-electron chi connectivity index (χ0n) is 16.3. The summed E-state index contributed by atoms with van der Waals surface area (Å²) in [6.07, 6.45) is 5.16. The molecular formula is C21H17N3O6S. The Balaban J connectivity index is 1.80. The molecule has 0 aliphatic carbocycles. The van der Waals surface area contributed by atoms with Gasteiger partial charge >= 0.3 is 11.9 Å². The second-order valence-electron chi connectivity index (χ2n) is 6.66. The first kappa shape index (κ1) is 20.5. The second kappa shape index (κ2) is 8.17. The number of hydrogen-bond acceptors (Lipinski definition) is 8. The van der Waals surface area contributed by atoms with Gasteiger partial charge in [0, 0.05) is 36.3 Å². The Morgan fingerprint density at radius 3 is 2.52 bits per heavy atom. The molecule has 4 rings (SSSR count). The lowest BCUT2D eigenvalue weighted by Gasteiger charge is -2.10. The second-order valence-corrected chi connectivity index (χ2v) is 8.48. The van der Waals surface area contributed by atoms with E-state index in [4.69, 9.17) is 9.68 Å². The number of hydroxylamine groups is 2. The van der Waals surface area contributed by atoms with Gasteiger partial charge in [0.25, 0.3) is 10.0 Å². The Morgan fingerprint density at radius 2 is 1.81 bits per heavy atom. The molecule has 10 heteroatoms. The molecular weight excluding hydrogens is 422 g/mol. The quantitative estimate of drug-likeness (QED) is 0.595. The summed E-state index contributed by atoms with van der Waals surface area (Å²) in [5.74, 6) is -1.54. The Bertz CT molecular complexity index is 1270. The monoisotopic (exact) mass is 439 g/mol. The molecule has 0 spiro atoms. The summed E-state index contributed by atoms with van der Waals surface area (Å²) in [5, 5.41) is 0.668. The largest absolute Gasteiger partial charge is 0.357 e. The molecule has 158 valence electrons. The molecule has 3 aromatic rings. The summed E-state index contributed by atoms with van der Waals surface area (Å²) in [6, 6.07) is 13.6. The average Bonchev–Trinajstić information content (AvgIpc) is 3.14. The van der Waals surface area contributed by atoms with Crippen molar-refractivity contribution in [1.82, 2.24) is 14.2 Å².